The van der Waals surface area contributed by atoms with Crippen molar-refractivity contribution in [3.63, 3.8) is 0 Å². The Hall–Kier alpha value is -3.20. The Kier molecular flexibility index (Phi) is 5.89. The SMILES string of the molecule is CNC(=O)c1ccc(N2CCN(Cc3ccc4c(c3F)CC(=O)C(C3CC3)=N4)CC2)c(F)c1F. The molecule has 0 atom stereocenters. The van der Waals surface area contributed by atoms with E-state index < -0.39 is 17.5 Å². The van der Waals surface area contributed by atoms with Crippen molar-refractivity contribution in [2.45, 2.75) is 25.8 Å². The maximum atomic E-state index is 15.2. The van der Waals surface area contributed by atoms with Gasteiger partial charge in [-0.25, -0.2) is 18.2 Å². The molecule has 1 saturated heterocycles. The van der Waals surface area contributed by atoms with Gasteiger partial charge in [0.05, 0.1) is 22.6 Å². The maximum Gasteiger partial charge on any atom is 0.254 e. The number of piperazine rings is 1. The molecule has 2 fully saturated rings. The molecule has 0 bridgehead atoms. The first kappa shape index (κ1) is 22.6. The number of benzene rings is 2. The lowest BCUT2D eigenvalue weighted by Gasteiger charge is -2.36. The smallest absolute Gasteiger partial charge is 0.254 e. The van der Waals surface area contributed by atoms with Crippen LogP contribution in [0.3, 0.4) is 0 Å². The summed E-state index contributed by atoms with van der Waals surface area (Å²) in [5.41, 5.74) is 1.76. The molecule has 0 aromatic heterocycles. The number of aliphatic imine (C=N–C) groups is 1. The van der Waals surface area contributed by atoms with Gasteiger partial charge in [0.1, 0.15) is 5.82 Å². The maximum absolute atomic E-state index is 15.2. The van der Waals surface area contributed by atoms with Crippen molar-refractivity contribution >= 4 is 28.8 Å². The zero-order chi connectivity index (χ0) is 24.0. The van der Waals surface area contributed by atoms with Gasteiger partial charge in [0, 0.05) is 63.2 Å². The Morgan fingerprint density at radius 2 is 1.76 bits per heavy atom. The van der Waals surface area contributed by atoms with Crippen LogP contribution in [0.25, 0.3) is 0 Å². The van der Waals surface area contributed by atoms with E-state index in [1.165, 1.54) is 19.2 Å². The first-order valence-corrected chi connectivity index (χ1v) is 11.5. The molecular formula is C25H25F3N4O2. The first-order valence-electron chi connectivity index (χ1n) is 11.5. The van der Waals surface area contributed by atoms with Gasteiger partial charge < -0.3 is 10.2 Å². The van der Waals surface area contributed by atoms with Gasteiger partial charge in [-0.1, -0.05) is 6.07 Å². The van der Waals surface area contributed by atoms with Gasteiger partial charge in [0.25, 0.3) is 5.91 Å². The third kappa shape index (κ3) is 4.09. The first-order chi connectivity index (χ1) is 16.4. The van der Waals surface area contributed by atoms with Crippen LogP contribution in [0.5, 0.6) is 0 Å². The fraction of sp³-hybridized carbons (Fsp3) is 0.400. The van der Waals surface area contributed by atoms with Crippen molar-refractivity contribution in [1.29, 1.82) is 0 Å². The number of halogens is 3. The highest BCUT2D eigenvalue weighted by molar-refractivity contribution is 6.43. The van der Waals surface area contributed by atoms with E-state index in [0.29, 0.717) is 55.2 Å². The zero-order valence-electron chi connectivity index (χ0n) is 18.8. The molecular weight excluding hydrogens is 445 g/mol. The van der Waals surface area contributed by atoms with Crippen LogP contribution in [0.1, 0.15) is 34.3 Å². The Labute approximate surface area is 195 Å². The monoisotopic (exact) mass is 470 g/mol. The lowest BCUT2D eigenvalue weighted by Crippen LogP contribution is -2.46. The summed E-state index contributed by atoms with van der Waals surface area (Å²) < 4.78 is 44.2. The predicted molar refractivity (Wildman–Crippen MR) is 122 cm³/mol. The summed E-state index contributed by atoms with van der Waals surface area (Å²) in [5, 5.41) is 2.29. The van der Waals surface area contributed by atoms with E-state index >= 15 is 4.39 Å². The van der Waals surface area contributed by atoms with Crippen LogP contribution in [-0.2, 0) is 17.8 Å². The summed E-state index contributed by atoms with van der Waals surface area (Å²) in [6.45, 7) is 2.26. The molecule has 1 saturated carbocycles. The molecule has 2 aromatic carbocycles. The molecule has 2 aromatic rings. The highest BCUT2D eigenvalue weighted by Crippen LogP contribution is 2.37. The molecule has 178 valence electrons. The summed E-state index contributed by atoms with van der Waals surface area (Å²) in [6, 6.07) is 6.19. The molecule has 9 heteroatoms. The van der Waals surface area contributed by atoms with Crippen molar-refractivity contribution in [1.82, 2.24) is 10.2 Å². The van der Waals surface area contributed by atoms with E-state index in [0.717, 1.165) is 12.8 Å². The van der Waals surface area contributed by atoms with E-state index in [-0.39, 0.29) is 35.2 Å². The molecule has 1 amide bonds. The standard InChI is InChI=1S/C25H25F3N4O2/c1-29-25(34)16-5-7-19(23(28)22(16)27)32-10-8-31(9-11-32)13-15-4-6-18-17(21(15)26)12-20(33)24(30-18)14-2-3-14/h4-7,14H,2-3,8-13H2,1H3,(H,29,34). The summed E-state index contributed by atoms with van der Waals surface area (Å²) in [4.78, 5) is 32.3. The largest absolute Gasteiger partial charge is 0.367 e. The minimum absolute atomic E-state index is 0.0506. The molecule has 0 spiro atoms. The van der Waals surface area contributed by atoms with Crippen molar-refractivity contribution in [3.05, 3.63) is 58.4 Å². The molecule has 1 N–H and O–H groups in total. The number of carbonyl (C=O) groups excluding carboxylic acids is 2. The van der Waals surface area contributed by atoms with E-state index in [2.05, 4.69) is 10.3 Å². The van der Waals surface area contributed by atoms with E-state index in [1.807, 2.05) is 4.90 Å². The van der Waals surface area contributed by atoms with Crippen LogP contribution in [0.15, 0.2) is 29.3 Å². The van der Waals surface area contributed by atoms with Crippen LogP contribution in [-0.4, -0.2) is 55.5 Å². The van der Waals surface area contributed by atoms with Crippen LogP contribution in [0.4, 0.5) is 24.5 Å². The Bertz CT molecular complexity index is 1200. The van der Waals surface area contributed by atoms with Crippen LogP contribution in [0, 0.1) is 23.4 Å². The van der Waals surface area contributed by atoms with Crippen LogP contribution in [0.2, 0.25) is 0 Å². The molecule has 3 aliphatic rings. The predicted octanol–water partition coefficient (Wildman–Crippen LogP) is 3.39. The topological polar surface area (TPSA) is 65.0 Å². The molecule has 1 aliphatic carbocycles. The normalized spacial score (nSPS) is 18.5. The van der Waals surface area contributed by atoms with Crippen molar-refractivity contribution in [3.8, 4) is 0 Å². The van der Waals surface area contributed by atoms with Crippen molar-refractivity contribution in [2.24, 2.45) is 10.9 Å². The number of Topliss-reactive ketones (excluding diaryl/α,β-unsaturated/α-hetero) is 1. The number of fused-ring (bicyclic) bond motifs is 1. The molecule has 34 heavy (non-hydrogen) atoms. The highest BCUT2D eigenvalue weighted by Gasteiger charge is 2.35. The van der Waals surface area contributed by atoms with Gasteiger partial charge in [0.2, 0.25) is 0 Å². The second kappa shape index (κ2) is 8.87. The summed E-state index contributed by atoms with van der Waals surface area (Å²) in [5.74, 6) is -3.14. The third-order valence-electron chi connectivity index (χ3n) is 6.77. The van der Waals surface area contributed by atoms with Crippen molar-refractivity contribution in [2.75, 3.05) is 38.1 Å². The number of amides is 1. The lowest BCUT2D eigenvalue weighted by atomic mass is 9.95. The molecule has 6 nitrogen and oxygen atoms in total. The number of nitrogens with one attached hydrogen (secondary N) is 1. The number of anilines is 1. The van der Waals surface area contributed by atoms with E-state index in [1.54, 1.807) is 17.0 Å². The van der Waals surface area contributed by atoms with E-state index in [4.69, 9.17) is 0 Å². The minimum atomic E-state index is -1.17. The van der Waals surface area contributed by atoms with Crippen LogP contribution >= 0.6 is 0 Å². The number of rotatable bonds is 5. The summed E-state index contributed by atoms with van der Waals surface area (Å²) in [7, 11) is 1.36. The summed E-state index contributed by atoms with van der Waals surface area (Å²) in [6.07, 6.45) is 2.00. The molecule has 5 rings (SSSR count). The summed E-state index contributed by atoms with van der Waals surface area (Å²) >= 11 is 0. The van der Waals surface area contributed by atoms with Gasteiger partial charge in [-0.3, -0.25) is 14.5 Å². The van der Waals surface area contributed by atoms with Gasteiger partial charge in [0.15, 0.2) is 17.4 Å². The number of hydrogen-bond donors (Lipinski definition) is 1. The quantitative estimate of drug-likeness (QED) is 0.728. The van der Waals surface area contributed by atoms with Gasteiger partial charge in [-0.15, -0.1) is 0 Å². The Morgan fingerprint density at radius 1 is 1.03 bits per heavy atom. The average Bonchev–Trinajstić information content (AvgIpc) is 3.68. The fourth-order valence-corrected chi connectivity index (χ4v) is 4.65. The minimum Gasteiger partial charge on any atom is -0.367 e. The molecule has 2 heterocycles. The highest BCUT2D eigenvalue weighted by atomic mass is 19.2. The second-order valence-electron chi connectivity index (χ2n) is 9.01. The Morgan fingerprint density at radius 3 is 2.44 bits per heavy atom. The molecule has 2 aliphatic heterocycles. The molecule has 0 radical (unpaired) electrons. The molecule has 0 unspecified atom stereocenters. The van der Waals surface area contributed by atoms with E-state index in [9.17, 15) is 18.4 Å². The Balaban J connectivity index is 1.26. The number of carbonyl (C=O) groups is 2. The lowest BCUT2D eigenvalue weighted by molar-refractivity contribution is -0.112. The van der Waals surface area contributed by atoms with Gasteiger partial charge in [-0.05, 0) is 31.0 Å². The second-order valence-corrected chi connectivity index (χ2v) is 9.01. The average molecular weight is 470 g/mol. The van der Waals surface area contributed by atoms with Crippen molar-refractivity contribution < 1.29 is 22.8 Å². The number of ketones is 1. The number of hydrogen-bond acceptors (Lipinski definition) is 5. The van der Waals surface area contributed by atoms with Gasteiger partial charge >= 0.3 is 0 Å². The van der Waals surface area contributed by atoms with Gasteiger partial charge in [-0.2, -0.15) is 0 Å². The number of nitrogens with zero attached hydrogens (tertiary/aromatic N) is 3. The fourth-order valence-electron chi connectivity index (χ4n) is 4.65. The third-order valence-corrected chi connectivity index (χ3v) is 6.77. The van der Waals surface area contributed by atoms with Crippen LogP contribution < -0.4 is 10.2 Å². The zero-order valence-corrected chi connectivity index (χ0v) is 18.8.